The number of benzene rings is 2. The summed E-state index contributed by atoms with van der Waals surface area (Å²) in [5, 5.41) is 2.72. The lowest BCUT2D eigenvalue weighted by atomic mass is 10.1. The van der Waals surface area contributed by atoms with Gasteiger partial charge in [-0.25, -0.2) is 0 Å². The van der Waals surface area contributed by atoms with Gasteiger partial charge in [0.1, 0.15) is 5.75 Å². The fourth-order valence-corrected chi connectivity index (χ4v) is 3.11. The summed E-state index contributed by atoms with van der Waals surface area (Å²) >= 11 is 0. The van der Waals surface area contributed by atoms with Crippen LogP contribution in [0.5, 0.6) is 5.75 Å². The van der Waals surface area contributed by atoms with Gasteiger partial charge in [0, 0.05) is 18.5 Å². The number of anilines is 2. The zero-order valence-corrected chi connectivity index (χ0v) is 15.6. The topological polar surface area (TPSA) is 84.9 Å². The molecule has 3 rings (SSSR count). The maximum atomic E-state index is 12.2. The molecule has 0 bridgehead atoms. The zero-order chi connectivity index (χ0) is 19.9. The Bertz CT molecular complexity index is 881. The van der Waals surface area contributed by atoms with Crippen LogP contribution in [0.15, 0.2) is 48.5 Å². The monoisotopic (exact) mass is 382 g/mol. The minimum atomic E-state index is -0.525. The number of rotatable bonds is 7. The molecule has 2 aromatic rings. The van der Waals surface area contributed by atoms with Crippen LogP contribution in [-0.2, 0) is 25.5 Å². The van der Waals surface area contributed by atoms with Gasteiger partial charge in [0.15, 0.2) is 6.61 Å². The van der Waals surface area contributed by atoms with E-state index in [0.29, 0.717) is 35.7 Å². The van der Waals surface area contributed by atoms with Crippen molar-refractivity contribution < 1.29 is 23.9 Å². The second kappa shape index (κ2) is 9.03. The van der Waals surface area contributed by atoms with Gasteiger partial charge in [-0.2, -0.15) is 0 Å². The summed E-state index contributed by atoms with van der Waals surface area (Å²) in [5.41, 5.74) is 1.86. The Kier molecular flexibility index (Phi) is 6.26. The lowest BCUT2D eigenvalue weighted by Gasteiger charge is -2.19. The summed E-state index contributed by atoms with van der Waals surface area (Å²) in [6.07, 6.45) is 1.31. The molecule has 0 saturated carbocycles. The van der Waals surface area contributed by atoms with Crippen molar-refractivity contribution in [3.05, 3.63) is 54.1 Å². The lowest BCUT2D eigenvalue weighted by Crippen LogP contribution is -2.27. The van der Waals surface area contributed by atoms with E-state index in [2.05, 4.69) is 5.32 Å². The molecule has 7 nitrogen and oxygen atoms in total. The van der Waals surface area contributed by atoms with Gasteiger partial charge >= 0.3 is 5.97 Å². The maximum absolute atomic E-state index is 12.2. The van der Waals surface area contributed by atoms with Gasteiger partial charge in [-0.05, 0) is 24.6 Å². The van der Waals surface area contributed by atoms with Crippen LogP contribution < -0.4 is 15.0 Å². The normalized spacial score (nSPS) is 13.3. The molecule has 0 radical (unpaired) electrons. The summed E-state index contributed by atoms with van der Waals surface area (Å²) in [4.78, 5) is 37.9. The molecule has 1 saturated heterocycles. The average molecular weight is 382 g/mol. The van der Waals surface area contributed by atoms with Crippen molar-refractivity contribution in [1.29, 1.82) is 0 Å². The summed E-state index contributed by atoms with van der Waals surface area (Å²) < 4.78 is 10.3. The molecule has 1 N–H and O–H groups in total. The number of hydrogen-bond acceptors (Lipinski definition) is 5. The van der Waals surface area contributed by atoms with Gasteiger partial charge in [0.2, 0.25) is 5.91 Å². The fraction of sp³-hybridized carbons (Fsp3) is 0.286. The molecular formula is C21H22N2O5. The number of carbonyl (C=O) groups is 3. The molecule has 1 aliphatic rings. The number of amides is 2. The number of hydrogen-bond donors (Lipinski definition) is 1. The van der Waals surface area contributed by atoms with E-state index in [-0.39, 0.29) is 12.3 Å². The first kappa shape index (κ1) is 19.4. The van der Waals surface area contributed by atoms with Gasteiger partial charge in [0.25, 0.3) is 5.91 Å². The molecule has 1 fully saturated rings. The van der Waals surface area contributed by atoms with Crippen LogP contribution in [0.4, 0.5) is 11.4 Å². The van der Waals surface area contributed by atoms with Gasteiger partial charge < -0.3 is 19.7 Å². The molecular weight excluding hydrogens is 360 g/mol. The number of nitrogens with one attached hydrogen (secondary N) is 1. The van der Waals surface area contributed by atoms with Crippen molar-refractivity contribution in [3.8, 4) is 5.75 Å². The predicted molar refractivity (Wildman–Crippen MR) is 104 cm³/mol. The minimum absolute atomic E-state index is 0.0101. The maximum Gasteiger partial charge on any atom is 0.310 e. The van der Waals surface area contributed by atoms with Crippen molar-refractivity contribution in [2.45, 2.75) is 19.3 Å². The second-order valence-electron chi connectivity index (χ2n) is 6.36. The Labute approximate surface area is 163 Å². The summed E-state index contributed by atoms with van der Waals surface area (Å²) in [6.45, 7) is 0.218. The molecule has 146 valence electrons. The average Bonchev–Trinajstić information content (AvgIpc) is 3.13. The molecule has 0 aliphatic carbocycles. The van der Waals surface area contributed by atoms with Crippen LogP contribution in [-0.4, -0.2) is 38.0 Å². The summed E-state index contributed by atoms with van der Waals surface area (Å²) in [5.74, 6) is -0.367. The summed E-state index contributed by atoms with van der Waals surface area (Å²) in [6, 6.07) is 14.2. The first-order valence-electron chi connectivity index (χ1n) is 9.05. The SMILES string of the molecule is COc1ccccc1CC(=O)OCC(=O)Nc1ccccc1N1CCCC1=O. The molecule has 1 heterocycles. The van der Waals surface area contributed by atoms with E-state index >= 15 is 0 Å². The third-order valence-corrected chi connectivity index (χ3v) is 4.43. The smallest absolute Gasteiger partial charge is 0.310 e. The minimum Gasteiger partial charge on any atom is -0.496 e. The number of carbonyl (C=O) groups excluding carboxylic acids is 3. The molecule has 0 unspecified atom stereocenters. The Morgan fingerprint density at radius 3 is 2.61 bits per heavy atom. The largest absolute Gasteiger partial charge is 0.496 e. The number of esters is 1. The molecule has 28 heavy (non-hydrogen) atoms. The van der Waals surface area contributed by atoms with E-state index in [9.17, 15) is 14.4 Å². The zero-order valence-electron chi connectivity index (χ0n) is 15.6. The fourth-order valence-electron chi connectivity index (χ4n) is 3.11. The molecule has 7 heteroatoms. The Hall–Kier alpha value is -3.35. The number of nitrogens with zero attached hydrogens (tertiary/aromatic N) is 1. The Morgan fingerprint density at radius 2 is 1.86 bits per heavy atom. The van der Waals surface area contributed by atoms with E-state index in [1.807, 2.05) is 12.1 Å². The van der Waals surface area contributed by atoms with Crippen LogP contribution >= 0.6 is 0 Å². The van der Waals surface area contributed by atoms with Crippen molar-refractivity contribution >= 4 is 29.2 Å². The molecule has 2 amide bonds. The second-order valence-corrected chi connectivity index (χ2v) is 6.36. The van der Waals surface area contributed by atoms with Gasteiger partial charge in [-0.3, -0.25) is 14.4 Å². The summed E-state index contributed by atoms with van der Waals surface area (Å²) in [7, 11) is 1.53. The van der Waals surface area contributed by atoms with Crippen molar-refractivity contribution in [3.63, 3.8) is 0 Å². The van der Waals surface area contributed by atoms with E-state index in [4.69, 9.17) is 9.47 Å². The van der Waals surface area contributed by atoms with Gasteiger partial charge in [-0.15, -0.1) is 0 Å². The first-order valence-corrected chi connectivity index (χ1v) is 9.05. The number of ether oxygens (including phenoxy) is 2. The number of methoxy groups -OCH3 is 1. The van der Waals surface area contributed by atoms with Crippen molar-refractivity contribution in [2.24, 2.45) is 0 Å². The van der Waals surface area contributed by atoms with Crippen LogP contribution in [0.2, 0.25) is 0 Å². The van der Waals surface area contributed by atoms with Crippen molar-refractivity contribution in [2.75, 3.05) is 30.5 Å². The van der Waals surface area contributed by atoms with E-state index < -0.39 is 18.5 Å². The molecule has 0 atom stereocenters. The van der Waals surface area contributed by atoms with Crippen LogP contribution in [0.25, 0.3) is 0 Å². The van der Waals surface area contributed by atoms with Gasteiger partial charge in [-0.1, -0.05) is 30.3 Å². The Morgan fingerprint density at radius 1 is 1.11 bits per heavy atom. The molecule has 0 aromatic heterocycles. The highest BCUT2D eigenvalue weighted by Crippen LogP contribution is 2.29. The molecule has 1 aliphatic heterocycles. The highest BCUT2D eigenvalue weighted by Gasteiger charge is 2.24. The first-order chi connectivity index (χ1) is 13.6. The molecule has 2 aromatic carbocycles. The highest BCUT2D eigenvalue weighted by molar-refractivity contribution is 6.02. The third kappa shape index (κ3) is 4.68. The third-order valence-electron chi connectivity index (χ3n) is 4.43. The highest BCUT2D eigenvalue weighted by atomic mass is 16.5. The van der Waals surface area contributed by atoms with E-state index in [0.717, 1.165) is 6.42 Å². The van der Waals surface area contributed by atoms with Crippen LogP contribution in [0.1, 0.15) is 18.4 Å². The van der Waals surface area contributed by atoms with E-state index in [1.165, 1.54) is 7.11 Å². The van der Waals surface area contributed by atoms with E-state index in [1.54, 1.807) is 41.3 Å². The van der Waals surface area contributed by atoms with Crippen molar-refractivity contribution in [1.82, 2.24) is 0 Å². The standard InChI is InChI=1S/C21H22N2O5/c1-27-18-10-5-2-7-15(18)13-21(26)28-14-19(24)22-16-8-3-4-9-17(16)23-12-6-11-20(23)25/h2-5,7-10H,6,11-14H2,1H3,(H,22,24). The predicted octanol–water partition coefficient (Wildman–Crippen LogP) is 2.55. The van der Waals surface area contributed by atoms with Gasteiger partial charge in [0.05, 0.1) is 24.9 Å². The quantitative estimate of drug-likeness (QED) is 0.744. The molecule has 0 spiro atoms. The van der Waals surface area contributed by atoms with Crippen LogP contribution in [0, 0.1) is 0 Å². The lowest BCUT2D eigenvalue weighted by molar-refractivity contribution is -0.146. The number of para-hydroxylation sites is 3. The van der Waals surface area contributed by atoms with Crippen LogP contribution in [0.3, 0.4) is 0 Å². The Balaban J connectivity index is 1.56.